The van der Waals surface area contributed by atoms with Gasteiger partial charge in [-0.15, -0.1) is 0 Å². The normalized spacial score (nSPS) is 15.8. The van der Waals surface area contributed by atoms with Crippen LogP contribution in [0, 0.1) is 0 Å². The number of hydrogen-bond donors (Lipinski definition) is 0. The van der Waals surface area contributed by atoms with Crippen LogP contribution in [0.2, 0.25) is 0 Å². The van der Waals surface area contributed by atoms with Gasteiger partial charge in [-0.2, -0.15) is 0 Å². The summed E-state index contributed by atoms with van der Waals surface area (Å²) in [6.07, 6.45) is 1.55. The van der Waals surface area contributed by atoms with Gasteiger partial charge in [0.2, 0.25) is 5.91 Å². The lowest BCUT2D eigenvalue weighted by atomic mass is 10.2. The second-order valence-electron chi connectivity index (χ2n) is 4.13. The predicted molar refractivity (Wildman–Crippen MR) is 65.4 cm³/mol. The summed E-state index contributed by atoms with van der Waals surface area (Å²) >= 11 is 0. The molecule has 6 nitrogen and oxygen atoms in total. The van der Waals surface area contributed by atoms with E-state index in [4.69, 9.17) is 0 Å². The number of likely N-dealkylation sites (N-methyl/N-ethyl adjacent to an activating group) is 1. The van der Waals surface area contributed by atoms with E-state index in [9.17, 15) is 9.59 Å². The number of anilines is 1. The van der Waals surface area contributed by atoms with Crippen molar-refractivity contribution in [1.82, 2.24) is 9.88 Å². The minimum Gasteiger partial charge on any atom is -0.465 e. The number of carbonyl (C=O) groups excluding carboxylic acids is 2. The first kappa shape index (κ1) is 12.3. The molecule has 1 fully saturated rings. The van der Waals surface area contributed by atoms with Crippen LogP contribution in [0.5, 0.6) is 0 Å². The Morgan fingerprint density at radius 1 is 1.44 bits per heavy atom. The van der Waals surface area contributed by atoms with Crippen LogP contribution in [-0.4, -0.2) is 55.6 Å². The molecule has 1 aliphatic rings. The summed E-state index contributed by atoms with van der Waals surface area (Å²) in [5, 5.41) is 0. The number of ether oxygens (including phenoxy) is 1. The van der Waals surface area contributed by atoms with Crippen LogP contribution >= 0.6 is 0 Å². The van der Waals surface area contributed by atoms with Gasteiger partial charge in [0.05, 0.1) is 19.2 Å². The Morgan fingerprint density at radius 2 is 2.22 bits per heavy atom. The third-order valence-corrected chi connectivity index (χ3v) is 2.95. The number of pyridine rings is 1. The number of rotatable bonds is 2. The second-order valence-corrected chi connectivity index (χ2v) is 4.13. The summed E-state index contributed by atoms with van der Waals surface area (Å²) < 4.78 is 4.66. The van der Waals surface area contributed by atoms with Gasteiger partial charge in [0.1, 0.15) is 5.82 Å². The van der Waals surface area contributed by atoms with E-state index in [-0.39, 0.29) is 12.5 Å². The van der Waals surface area contributed by atoms with E-state index in [0.717, 1.165) is 0 Å². The van der Waals surface area contributed by atoms with Gasteiger partial charge < -0.3 is 14.5 Å². The van der Waals surface area contributed by atoms with Gasteiger partial charge >= 0.3 is 5.97 Å². The highest BCUT2D eigenvalue weighted by atomic mass is 16.5. The molecular formula is C12H15N3O3. The minimum absolute atomic E-state index is 0.0477. The summed E-state index contributed by atoms with van der Waals surface area (Å²) in [5.41, 5.74) is 0.439. The number of piperazine rings is 1. The first-order valence-electron chi connectivity index (χ1n) is 5.65. The first-order chi connectivity index (χ1) is 8.61. The maximum Gasteiger partial charge on any atom is 0.338 e. The van der Waals surface area contributed by atoms with E-state index in [2.05, 4.69) is 9.72 Å². The van der Waals surface area contributed by atoms with Crippen molar-refractivity contribution in [2.24, 2.45) is 0 Å². The van der Waals surface area contributed by atoms with Gasteiger partial charge in [-0.25, -0.2) is 9.78 Å². The molecule has 0 unspecified atom stereocenters. The molecule has 6 heteroatoms. The fourth-order valence-electron chi connectivity index (χ4n) is 1.79. The molecule has 0 atom stereocenters. The van der Waals surface area contributed by atoms with E-state index < -0.39 is 5.97 Å². The number of nitrogens with zero attached hydrogens (tertiary/aromatic N) is 3. The largest absolute Gasteiger partial charge is 0.465 e. The first-order valence-corrected chi connectivity index (χ1v) is 5.65. The van der Waals surface area contributed by atoms with Crippen LogP contribution in [0.15, 0.2) is 18.3 Å². The highest BCUT2D eigenvalue weighted by Crippen LogP contribution is 2.15. The fraction of sp³-hybridized carbons (Fsp3) is 0.417. The Bertz CT molecular complexity index is 475. The third kappa shape index (κ3) is 2.42. The molecule has 1 aromatic rings. The Morgan fingerprint density at radius 3 is 2.89 bits per heavy atom. The SMILES string of the molecule is COC(=O)c1ccnc(N2CCN(C)C(=O)C2)c1. The minimum atomic E-state index is -0.404. The number of amides is 1. The summed E-state index contributed by atoms with van der Waals surface area (Å²) in [4.78, 5) is 30.8. The van der Waals surface area contributed by atoms with Gasteiger partial charge in [-0.1, -0.05) is 0 Å². The average Bonchev–Trinajstić information content (AvgIpc) is 2.41. The number of methoxy groups -OCH3 is 1. The van der Waals surface area contributed by atoms with Crippen molar-refractivity contribution in [3.63, 3.8) is 0 Å². The number of carbonyl (C=O) groups is 2. The Balaban J connectivity index is 2.18. The second kappa shape index (κ2) is 5.03. The fourth-order valence-corrected chi connectivity index (χ4v) is 1.79. The molecule has 1 aromatic heterocycles. The third-order valence-electron chi connectivity index (χ3n) is 2.95. The van der Waals surface area contributed by atoms with Crippen molar-refractivity contribution in [3.05, 3.63) is 23.9 Å². The molecule has 18 heavy (non-hydrogen) atoms. The van der Waals surface area contributed by atoms with Crippen LogP contribution in [0.1, 0.15) is 10.4 Å². The molecule has 0 saturated carbocycles. The lowest BCUT2D eigenvalue weighted by Crippen LogP contribution is -2.48. The molecule has 2 heterocycles. The molecule has 1 amide bonds. The summed E-state index contributed by atoms with van der Waals surface area (Å²) in [6.45, 7) is 1.65. The van der Waals surface area contributed by atoms with Gasteiger partial charge in [0.25, 0.3) is 0 Å². The van der Waals surface area contributed by atoms with Gasteiger partial charge in [-0.05, 0) is 12.1 Å². The van der Waals surface area contributed by atoms with Gasteiger partial charge in [0.15, 0.2) is 0 Å². The smallest absolute Gasteiger partial charge is 0.338 e. The molecular weight excluding hydrogens is 234 g/mol. The topological polar surface area (TPSA) is 62.7 Å². The maximum atomic E-state index is 11.6. The van der Waals surface area contributed by atoms with E-state index in [0.29, 0.717) is 24.5 Å². The molecule has 0 aliphatic carbocycles. The molecule has 0 bridgehead atoms. The van der Waals surface area contributed by atoms with Crippen molar-refractivity contribution in [3.8, 4) is 0 Å². The number of hydrogen-bond acceptors (Lipinski definition) is 5. The van der Waals surface area contributed by atoms with Crippen molar-refractivity contribution >= 4 is 17.7 Å². The number of esters is 1. The van der Waals surface area contributed by atoms with Crippen LogP contribution < -0.4 is 4.90 Å². The lowest BCUT2D eigenvalue weighted by molar-refractivity contribution is -0.129. The Hall–Kier alpha value is -2.11. The molecule has 0 aromatic carbocycles. The Labute approximate surface area is 105 Å². The van der Waals surface area contributed by atoms with Crippen molar-refractivity contribution < 1.29 is 14.3 Å². The van der Waals surface area contributed by atoms with Crippen molar-refractivity contribution in [2.45, 2.75) is 0 Å². The zero-order chi connectivity index (χ0) is 13.1. The molecule has 0 radical (unpaired) electrons. The molecule has 0 N–H and O–H groups in total. The average molecular weight is 249 g/mol. The van der Waals surface area contributed by atoms with Crippen LogP contribution in [0.25, 0.3) is 0 Å². The monoisotopic (exact) mass is 249 g/mol. The van der Waals surface area contributed by atoms with Crippen LogP contribution in [0.4, 0.5) is 5.82 Å². The maximum absolute atomic E-state index is 11.6. The summed E-state index contributed by atoms with van der Waals surface area (Å²) in [6, 6.07) is 3.23. The van der Waals surface area contributed by atoms with Gasteiger partial charge in [0, 0.05) is 26.3 Å². The molecule has 96 valence electrons. The highest BCUT2D eigenvalue weighted by Gasteiger charge is 2.22. The number of aromatic nitrogens is 1. The predicted octanol–water partition coefficient (Wildman–Crippen LogP) is 0.147. The zero-order valence-corrected chi connectivity index (χ0v) is 10.4. The molecule has 2 rings (SSSR count). The van der Waals surface area contributed by atoms with Gasteiger partial charge in [-0.3, -0.25) is 4.79 Å². The summed E-state index contributed by atoms with van der Waals surface area (Å²) in [5.74, 6) is 0.268. The Kier molecular flexibility index (Phi) is 3.45. The lowest BCUT2D eigenvalue weighted by Gasteiger charge is -2.32. The van der Waals surface area contributed by atoms with E-state index in [1.807, 2.05) is 4.90 Å². The van der Waals surface area contributed by atoms with E-state index >= 15 is 0 Å². The molecule has 1 saturated heterocycles. The highest BCUT2D eigenvalue weighted by molar-refractivity contribution is 5.90. The summed E-state index contributed by atoms with van der Waals surface area (Å²) in [7, 11) is 3.11. The van der Waals surface area contributed by atoms with E-state index in [1.54, 1.807) is 30.3 Å². The van der Waals surface area contributed by atoms with Crippen LogP contribution in [0.3, 0.4) is 0 Å². The van der Waals surface area contributed by atoms with Crippen molar-refractivity contribution in [1.29, 1.82) is 0 Å². The molecule has 1 aliphatic heterocycles. The van der Waals surface area contributed by atoms with Crippen molar-refractivity contribution in [2.75, 3.05) is 38.7 Å². The standard InChI is InChI=1S/C12H15N3O3/c1-14-5-6-15(8-11(14)16)10-7-9(3-4-13-10)12(17)18-2/h3-4,7H,5-6,8H2,1-2H3. The van der Waals surface area contributed by atoms with E-state index in [1.165, 1.54) is 7.11 Å². The quantitative estimate of drug-likeness (QED) is 0.698. The molecule has 0 spiro atoms. The zero-order valence-electron chi connectivity index (χ0n) is 10.4. The van der Waals surface area contributed by atoms with Crippen LogP contribution in [-0.2, 0) is 9.53 Å².